The Morgan fingerprint density at radius 1 is 1.12 bits per heavy atom. The molecule has 0 spiro atoms. The van der Waals surface area contributed by atoms with Crippen molar-refractivity contribution >= 4 is 15.9 Å². The topological polar surface area (TPSA) is 75.3 Å². The summed E-state index contributed by atoms with van der Waals surface area (Å²) >= 11 is 0. The van der Waals surface area contributed by atoms with Gasteiger partial charge >= 0.3 is 0 Å². The third-order valence-electron chi connectivity index (χ3n) is 4.49. The van der Waals surface area contributed by atoms with Gasteiger partial charge in [-0.05, 0) is 30.5 Å². The van der Waals surface area contributed by atoms with Gasteiger partial charge in [0.25, 0.3) is 0 Å². The molecule has 0 bridgehead atoms. The second kappa shape index (κ2) is 9.29. The second-order valence-electron chi connectivity index (χ2n) is 6.81. The van der Waals surface area contributed by atoms with Crippen LogP contribution in [-0.2, 0) is 14.8 Å². The van der Waals surface area contributed by atoms with E-state index in [9.17, 15) is 17.6 Å². The highest BCUT2D eigenvalue weighted by Crippen LogP contribution is 2.20. The Labute approximate surface area is 149 Å². The normalized spacial score (nSPS) is 18.2. The number of amides is 1. The summed E-state index contributed by atoms with van der Waals surface area (Å²) in [4.78, 5) is 12.4. The Hall–Kier alpha value is -1.47. The largest absolute Gasteiger partial charge is 0.353 e. The van der Waals surface area contributed by atoms with Gasteiger partial charge in [0.15, 0.2) is 0 Å². The second-order valence-corrected chi connectivity index (χ2v) is 8.59. The zero-order valence-electron chi connectivity index (χ0n) is 14.6. The summed E-state index contributed by atoms with van der Waals surface area (Å²) in [5, 5.41) is 3.04. The molecule has 0 heterocycles. The van der Waals surface area contributed by atoms with E-state index in [0.717, 1.165) is 31.9 Å². The van der Waals surface area contributed by atoms with Crippen LogP contribution in [0.2, 0.25) is 0 Å². The van der Waals surface area contributed by atoms with Crippen molar-refractivity contribution in [1.82, 2.24) is 10.0 Å². The Kier molecular flexibility index (Phi) is 7.38. The van der Waals surface area contributed by atoms with Crippen LogP contribution in [0.25, 0.3) is 0 Å². The van der Waals surface area contributed by atoms with E-state index in [1.54, 1.807) is 0 Å². The summed E-state index contributed by atoms with van der Waals surface area (Å²) in [5.41, 5.74) is 0.569. The molecule has 140 valence electrons. The van der Waals surface area contributed by atoms with Crippen LogP contribution in [0.5, 0.6) is 0 Å². The Morgan fingerprint density at radius 3 is 2.24 bits per heavy atom. The van der Waals surface area contributed by atoms with Crippen LogP contribution in [0.3, 0.4) is 0 Å². The lowest BCUT2D eigenvalue weighted by Gasteiger charge is -2.23. The van der Waals surface area contributed by atoms with Crippen LogP contribution in [0.4, 0.5) is 4.39 Å². The van der Waals surface area contributed by atoms with E-state index in [1.807, 2.05) is 0 Å². The average Bonchev–Trinajstić information content (AvgIpc) is 2.48. The number of benzene rings is 1. The van der Waals surface area contributed by atoms with Crippen LogP contribution < -0.4 is 10.0 Å². The summed E-state index contributed by atoms with van der Waals surface area (Å²) in [7, 11) is -3.49. The van der Waals surface area contributed by atoms with Gasteiger partial charge in [0.2, 0.25) is 15.9 Å². The average molecular weight is 370 g/mol. The monoisotopic (exact) mass is 370 g/mol. The molecule has 1 aliphatic carbocycles. The number of rotatable bonds is 6. The number of nitrogens with one attached hydrogen (secondary N) is 2. The van der Waals surface area contributed by atoms with E-state index >= 15 is 0 Å². The fourth-order valence-electron chi connectivity index (χ4n) is 3.25. The van der Waals surface area contributed by atoms with Gasteiger partial charge in [-0.1, -0.05) is 44.2 Å². The number of carbonyl (C=O) groups excluding carboxylic acids is 1. The quantitative estimate of drug-likeness (QED) is 0.808. The molecule has 2 rings (SSSR count). The number of hydrogen-bond acceptors (Lipinski definition) is 3. The molecule has 1 aliphatic rings. The highest BCUT2D eigenvalue weighted by Gasteiger charge is 2.22. The minimum Gasteiger partial charge on any atom is -0.353 e. The van der Waals surface area contributed by atoms with Gasteiger partial charge in [0.1, 0.15) is 5.82 Å². The molecule has 1 fully saturated rings. The minimum atomic E-state index is -3.49. The first-order valence-corrected chi connectivity index (χ1v) is 10.7. The molecule has 1 saturated carbocycles. The van der Waals surface area contributed by atoms with E-state index in [2.05, 4.69) is 10.0 Å². The van der Waals surface area contributed by atoms with E-state index in [0.29, 0.717) is 5.56 Å². The van der Waals surface area contributed by atoms with Gasteiger partial charge in [-0.2, -0.15) is 0 Å². The molecule has 1 amide bonds. The molecule has 0 aliphatic heterocycles. The van der Waals surface area contributed by atoms with Crippen molar-refractivity contribution in [3.63, 3.8) is 0 Å². The molecule has 5 nitrogen and oxygen atoms in total. The molecule has 25 heavy (non-hydrogen) atoms. The third-order valence-corrected chi connectivity index (χ3v) is 5.20. The number of hydrogen-bond donors (Lipinski definition) is 2. The van der Waals surface area contributed by atoms with Crippen LogP contribution in [0.1, 0.15) is 63.0 Å². The van der Waals surface area contributed by atoms with Gasteiger partial charge in [0, 0.05) is 12.5 Å². The SMILES string of the molecule is CS(=O)(=O)N[C@H](CC(=O)NC1CCCCCCC1)c1ccc(F)cc1. The fourth-order valence-corrected chi connectivity index (χ4v) is 3.99. The lowest BCUT2D eigenvalue weighted by Crippen LogP contribution is -2.38. The first-order valence-electron chi connectivity index (χ1n) is 8.85. The van der Waals surface area contributed by atoms with E-state index in [1.165, 1.54) is 43.5 Å². The van der Waals surface area contributed by atoms with Crippen molar-refractivity contribution in [1.29, 1.82) is 0 Å². The molecule has 1 aromatic rings. The lowest BCUT2D eigenvalue weighted by atomic mass is 9.96. The number of carbonyl (C=O) groups is 1. The summed E-state index contributed by atoms with van der Waals surface area (Å²) in [6.07, 6.45) is 8.83. The summed E-state index contributed by atoms with van der Waals surface area (Å²) < 4.78 is 38.8. The lowest BCUT2D eigenvalue weighted by molar-refractivity contribution is -0.122. The molecule has 1 atom stereocenters. The molecule has 0 aromatic heterocycles. The zero-order chi connectivity index (χ0) is 18.3. The smallest absolute Gasteiger partial charge is 0.222 e. The number of sulfonamides is 1. The van der Waals surface area contributed by atoms with Gasteiger partial charge < -0.3 is 5.32 Å². The highest BCUT2D eigenvalue weighted by atomic mass is 32.2. The maximum Gasteiger partial charge on any atom is 0.222 e. The standard InChI is InChI=1S/C18H27FN2O3S/c1-25(23,24)21-17(14-9-11-15(19)12-10-14)13-18(22)20-16-7-5-3-2-4-6-8-16/h9-12,16-17,21H,2-8,13H2,1H3,(H,20,22)/t17-/m1/s1. The van der Waals surface area contributed by atoms with Crippen LogP contribution >= 0.6 is 0 Å². The maximum atomic E-state index is 13.1. The molecular formula is C18H27FN2O3S. The van der Waals surface area contributed by atoms with Crippen molar-refractivity contribution in [3.8, 4) is 0 Å². The summed E-state index contributed by atoms with van der Waals surface area (Å²) in [6.45, 7) is 0. The first-order chi connectivity index (χ1) is 11.8. The minimum absolute atomic E-state index is 0.00476. The van der Waals surface area contributed by atoms with Crippen molar-refractivity contribution < 1.29 is 17.6 Å². The Bertz CT molecular complexity index is 653. The molecule has 0 unspecified atom stereocenters. The van der Waals surface area contributed by atoms with Gasteiger partial charge in [-0.25, -0.2) is 17.5 Å². The van der Waals surface area contributed by atoms with Crippen molar-refractivity contribution in [3.05, 3.63) is 35.6 Å². The molecule has 1 aromatic carbocycles. The Balaban J connectivity index is 2.01. The molecule has 0 saturated heterocycles. The summed E-state index contributed by atoms with van der Waals surface area (Å²) in [5.74, 6) is -0.586. The van der Waals surface area contributed by atoms with Crippen molar-refractivity contribution in [2.45, 2.75) is 63.5 Å². The van der Waals surface area contributed by atoms with E-state index < -0.39 is 21.9 Å². The molecule has 0 radical (unpaired) electrons. The van der Waals surface area contributed by atoms with Gasteiger partial charge in [0.05, 0.1) is 12.3 Å². The fraction of sp³-hybridized carbons (Fsp3) is 0.611. The predicted molar refractivity (Wildman–Crippen MR) is 96.0 cm³/mol. The van der Waals surface area contributed by atoms with Crippen molar-refractivity contribution in [2.75, 3.05) is 6.26 Å². The number of halogens is 1. The Morgan fingerprint density at radius 2 is 1.68 bits per heavy atom. The van der Waals surface area contributed by atoms with Crippen LogP contribution in [-0.4, -0.2) is 26.6 Å². The van der Waals surface area contributed by atoms with E-state index in [-0.39, 0.29) is 18.4 Å². The van der Waals surface area contributed by atoms with Gasteiger partial charge in [-0.3, -0.25) is 4.79 Å². The van der Waals surface area contributed by atoms with Crippen LogP contribution in [0.15, 0.2) is 24.3 Å². The molecule has 2 N–H and O–H groups in total. The zero-order valence-corrected chi connectivity index (χ0v) is 15.4. The molecular weight excluding hydrogens is 343 g/mol. The maximum absolute atomic E-state index is 13.1. The highest BCUT2D eigenvalue weighted by molar-refractivity contribution is 7.88. The van der Waals surface area contributed by atoms with Crippen molar-refractivity contribution in [2.24, 2.45) is 0 Å². The third kappa shape index (κ3) is 7.52. The predicted octanol–water partition coefficient (Wildman–Crippen LogP) is 3.04. The molecule has 7 heteroatoms. The van der Waals surface area contributed by atoms with E-state index in [4.69, 9.17) is 0 Å². The summed E-state index contributed by atoms with van der Waals surface area (Å²) in [6, 6.07) is 4.98. The first kappa shape index (κ1) is 19.8. The van der Waals surface area contributed by atoms with Crippen LogP contribution in [0, 0.1) is 5.82 Å². The van der Waals surface area contributed by atoms with Gasteiger partial charge in [-0.15, -0.1) is 0 Å².